The van der Waals surface area contributed by atoms with Gasteiger partial charge in [-0.15, -0.1) is 0 Å². The van der Waals surface area contributed by atoms with Crippen LogP contribution in [0.2, 0.25) is 5.02 Å². The van der Waals surface area contributed by atoms with Crippen molar-refractivity contribution in [1.82, 2.24) is 15.2 Å². The maximum Gasteiger partial charge on any atom is 0.291 e. The fraction of sp³-hybridized carbons (Fsp3) is 0.333. The molecule has 172 valence electrons. The van der Waals surface area contributed by atoms with Gasteiger partial charge in [-0.2, -0.15) is 5.10 Å². The number of carbonyl (C=O) groups is 1. The summed E-state index contributed by atoms with van der Waals surface area (Å²) in [6, 6.07) is 10.0. The van der Waals surface area contributed by atoms with Crippen LogP contribution in [-0.2, 0) is 5.60 Å². The highest BCUT2D eigenvalue weighted by atomic mass is 127. The summed E-state index contributed by atoms with van der Waals surface area (Å²) in [5.74, 6) is -0.0151. The molecule has 1 N–H and O–H groups in total. The van der Waals surface area contributed by atoms with E-state index < -0.39 is 11.4 Å². The zero-order valence-corrected chi connectivity index (χ0v) is 21.2. The quantitative estimate of drug-likeness (QED) is 0.378. The van der Waals surface area contributed by atoms with E-state index >= 15 is 0 Å². The van der Waals surface area contributed by atoms with Gasteiger partial charge in [-0.25, -0.2) is 14.4 Å². The van der Waals surface area contributed by atoms with Gasteiger partial charge in [0, 0.05) is 22.2 Å². The SMILES string of the molecule is CC1(C)Oc2cc(I)ccc2-c2n[nH]c(C(=O)N(c3ccc(F)cc3Cl)N3CCCCC3)c21. The zero-order valence-electron chi connectivity index (χ0n) is 18.3. The van der Waals surface area contributed by atoms with Crippen molar-refractivity contribution in [3.8, 4) is 17.0 Å². The maximum absolute atomic E-state index is 14.1. The molecule has 3 aromatic rings. The number of aromatic amines is 1. The standard InChI is InChI=1S/C24H23ClFIN4O2/c1-24(2)20-21(16-8-7-15(27)13-19(16)33-24)28-29-22(20)23(32)31(30-10-4-3-5-11-30)18-9-6-14(26)12-17(18)25/h6-9,12-13H,3-5,10-11H2,1-2H3,(H,28,29). The van der Waals surface area contributed by atoms with Crippen molar-refractivity contribution in [2.24, 2.45) is 0 Å². The van der Waals surface area contributed by atoms with Crippen molar-refractivity contribution in [3.63, 3.8) is 0 Å². The number of fused-ring (bicyclic) bond motifs is 3. The van der Waals surface area contributed by atoms with Crippen molar-refractivity contribution < 1.29 is 13.9 Å². The number of rotatable bonds is 3. The van der Waals surface area contributed by atoms with E-state index in [0.717, 1.165) is 34.1 Å². The summed E-state index contributed by atoms with van der Waals surface area (Å²) in [5.41, 5.74) is 2.23. The van der Waals surface area contributed by atoms with Crippen molar-refractivity contribution in [1.29, 1.82) is 0 Å². The lowest BCUT2D eigenvalue weighted by Crippen LogP contribution is -2.50. The van der Waals surface area contributed by atoms with Crippen LogP contribution in [0.1, 0.15) is 49.2 Å². The van der Waals surface area contributed by atoms with Crippen LogP contribution >= 0.6 is 34.2 Å². The Kier molecular flexibility index (Phi) is 5.86. The number of hydrogen-bond donors (Lipinski definition) is 1. The smallest absolute Gasteiger partial charge is 0.291 e. The Morgan fingerprint density at radius 1 is 1.21 bits per heavy atom. The summed E-state index contributed by atoms with van der Waals surface area (Å²) in [5, 5.41) is 11.2. The molecule has 0 saturated carbocycles. The molecule has 1 amide bonds. The Hall–Kier alpha value is -2.17. The monoisotopic (exact) mass is 580 g/mol. The third kappa shape index (κ3) is 4.02. The Balaban J connectivity index is 1.64. The Morgan fingerprint density at radius 2 is 1.97 bits per heavy atom. The second-order valence-corrected chi connectivity index (χ2v) is 10.5. The van der Waals surface area contributed by atoms with E-state index in [2.05, 4.69) is 32.8 Å². The molecule has 0 radical (unpaired) electrons. The lowest BCUT2D eigenvalue weighted by atomic mass is 9.89. The van der Waals surface area contributed by atoms with E-state index in [1.165, 1.54) is 12.1 Å². The first-order chi connectivity index (χ1) is 15.8. The number of nitrogens with zero attached hydrogens (tertiary/aromatic N) is 3. The number of piperidine rings is 1. The number of H-pyrrole nitrogens is 1. The summed E-state index contributed by atoms with van der Waals surface area (Å²) in [7, 11) is 0. The number of amides is 1. The number of halogens is 3. The van der Waals surface area contributed by atoms with Crippen molar-refractivity contribution >= 4 is 45.8 Å². The summed E-state index contributed by atoms with van der Waals surface area (Å²) in [6.45, 7) is 5.27. The Bertz CT molecular complexity index is 1240. The highest BCUT2D eigenvalue weighted by Crippen LogP contribution is 2.46. The van der Waals surface area contributed by atoms with E-state index in [0.29, 0.717) is 35.7 Å². The number of aromatic nitrogens is 2. The van der Waals surface area contributed by atoms with E-state index in [4.69, 9.17) is 16.3 Å². The molecule has 33 heavy (non-hydrogen) atoms. The largest absolute Gasteiger partial charge is 0.482 e. The van der Waals surface area contributed by atoms with Crippen LogP contribution in [0.4, 0.5) is 10.1 Å². The first kappa shape index (κ1) is 22.6. The van der Waals surface area contributed by atoms with Crippen molar-refractivity contribution in [2.75, 3.05) is 18.1 Å². The highest BCUT2D eigenvalue weighted by molar-refractivity contribution is 14.1. The fourth-order valence-corrected chi connectivity index (χ4v) is 5.32. The van der Waals surface area contributed by atoms with Crippen LogP contribution in [-0.4, -0.2) is 34.2 Å². The number of benzene rings is 2. The van der Waals surface area contributed by atoms with Crippen LogP contribution in [0.25, 0.3) is 11.3 Å². The molecule has 3 heterocycles. The fourth-order valence-electron chi connectivity index (χ4n) is 4.61. The number of ether oxygens (including phenoxy) is 1. The van der Waals surface area contributed by atoms with Crippen LogP contribution in [0.3, 0.4) is 0 Å². The molecule has 0 bridgehead atoms. The van der Waals surface area contributed by atoms with Crippen LogP contribution in [0.5, 0.6) is 5.75 Å². The van der Waals surface area contributed by atoms with Gasteiger partial charge in [-0.05, 0) is 85.7 Å². The summed E-state index contributed by atoms with van der Waals surface area (Å²) < 4.78 is 21.2. The number of hydrogen-bond acceptors (Lipinski definition) is 4. The predicted octanol–water partition coefficient (Wildman–Crippen LogP) is 6.15. The van der Waals surface area contributed by atoms with Gasteiger partial charge in [0.25, 0.3) is 5.91 Å². The van der Waals surface area contributed by atoms with Gasteiger partial charge in [0.15, 0.2) is 0 Å². The molecular formula is C24H23ClFIN4O2. The van der Waals surface area contributed by atoms with E-state index in [-0.39, 0.29) is 10.9 Å². The minimum absolute atomic E-state index is 0.178. The molecule has 2 aliphatic heterocycles. The zero-order chi connectivity index (χ0) is 23.3. The molecule has 2 aliphatic rings. The Morgan fingerprint density at radius 3 is 2.70 bits per heavy atom. The molecule has 1 saturated heterocycles. The van der Waals surface area contributed by atoms with Gasteiger partial charge in [0.1, 0.15) is 28.6 Å². The lowest BCUT2D eigenvalue weighted by Gasteiger charge is -2.38. The number of hydrazine groups is 1. The molecule has 6 nitrogen and oxygen atoms in total. The molecular weight excluding hydrogens is 558 g/mol. The van der Waals surface area contributed by atoms with Gasteiger partial charge in [0.05, 0.1) is 16.3 Å². The molecule has 1 fully saturated rings. The number of anilines is 1. The molecule has 2 aromatic carbocycles. The molecule has 5 rings (SSSR count). The highest BCUT2D eigenvalue weighted by Gasteiger charge is 2.41. The van der Waals surface area contributed by atoms with Crippen LogP contribution in [0.15, 0.2) is 36.4 Å². The lowest BCUT2D eigenvalue weighted by molar-refractivity contribution is 0.0832. The average molecular weight is 581 g/mol. The van der Waals surface area contributed by atoms with Crippen molar-refractivity contribution in [3.05, 3.63) is 62.1 Å². The van der Waals surface area contributed by atoms with Crippen LogP contribution < -0.4 is 9.75 Å². The third-order valence-corrected chi connectivity index (χ3v) is 7.07. The molecule has 9 heteroatoms. The van der Waals surface area contributed by atoms with Gasteiger partial charge in [0.2, 0.25) is 0 Å². The molecule has 0 unspecified atom stereocenters. The molecule has 0 atom stereocenters. The molecule has 0 aliphatic carbocycles. The summed E-state index contributed by atoms with van der Waals surface area (Å²) in [4.78, 5) is 14.1. The number of carbonyl (C=O) groups excluding carboxylic acids is 1. The average Bonchev–Trinajstić information content (AvgIpc) is 3.22. The van der Waals surface area contributed by atoms with E-state index in [1.807, 2.05) is 37.1 Å². The van der Waals surface area contributed by atoms with E-state index in [1.54, 1.807) is 11.1 Å². The van der Waals surface area contributed by atoms with Gasteiger partial charge in [-0.3, -0.25) is 9.89 Å². The normalized spacial score (nSPS) is 17.1. The molecule has 0 spiro atoms. The van der Waals surface area contributed by atoms with Gasteiger partial charge < -0.3 is 4.74 Å². The Labute approximate surface area is 210 Å². The molecule has 1 aromatic heterocycles. The number of nitrogens with one attached hydrogen (secondary N) is 1. The first-order valence-electron chi connectivity index (χ1n) is 10.9. The third-order valence-electron chi connectivity index (χ3n) is 6.09. The van der Waals surface area contributed by atoms with Crippen LogP contribution in [0, 0.1) is 9.39 Å². The second-order valence-electron chi connectivity index (χ2n) is 8.80. The maximum atomic E-state index is 14.1. The van der Waals surface area contributed by atoms with E-state index in [9.17, 15) is 9.18 Å². The summed E-state index contributed by atoms with van der Waals surface area (Å²) >= 11 is 8.66. The minimum atomic E-state index is -0.787. The minimum Gasteiger partial charge on any atom is -0.482 e. The van der Waals surface area contributed by atoms with Crippen molar-refractivity contribution in [2.45, 2.75) is 38.7 Å². The predicted molar refractivity (Wildman–Crippen MR) is 134 cm³/mol. The topological polar surface area (TPSA) is 61.5 Å². The van der Waals surface area contributed by atoms with Gasteiger partial charge >= 0.3 is 0 Å². The summed E-state index contributed by atoms with van der Waals surface area (Å²) in [6.07, 6.45) is 3.03. The second kappa shape index (κ2) is 8.56. The first-order valence-corrected chi connectivity index (χ1v) is 12.3. The van der Waals surface area contributed by atoms with Gasteiger partial charge in [-0.1, -0.05) is 18.0 Å².